The molecule has 2 rings (SSSR count). The second kappa shape index (κ2) is 4.53. The van der Waals surface area contributed by atoms with Crippen LogP contribution in [-0.4, -0.2) is 9.78 Å². The fourth-order valence-electron chi connectivity index (χ4n) is 1.52. The van der Waals surface area contributed by atoms with Crippen molar-refractivity contribution in [2.45, 2.75) is 12.7 Å². The van der Waals surface area contributed by atoms with Crippen molar-refractivity contribution in [2.24, 2.45) is 0 Å². The Morgan fingerprint density at radius 2 is 2.06 bits per heavy atom. The Morgan fingerprint density at radius 1 is 1.33 bits per heavy atom. The number of alkyl halides is 3. The van der Waals surface area contributed by atoms with Crippen molar-refractivity contribution in [3.8, 4) is 0 Å². The summed E-state index contributed by atoms with van der Waals surface area (Å²) in [6, 6.07) is 5.00. The number of aromatic nitrogens is 2. The van der Waals surface area contributed by atoms with Crippen molar-refractivity contribution in [1.82, 2.24) is 9.78 Å². The summed E-state index contributed by atoms with van der Waals surface area (Å²) in [6.45, 7) is 0.141. The van der Waals surface area contributed by atoms with E-state index in [1.54, 1.807) is 6.07 Å². The largest absolute Gasteiger partial charge is 0.416 e. The van der Waals surface area contributed by atoms with Gasteiger partial charge in [0.25, 0.3) is 0 Å². The number of nitrogens with zero attached hydrogens (tertiary/aromatic N) is 2. The van der Waals surface area contributed by atoms with Gasteiger partial charge in [0.2, 0.25) is 0 Å². The molecule has 0 saturated heterocycles. The van der Waals surface area contributed by atoms with E-state index in [1.807, 2.05) is 0 Å². The molecule has 1 aromatic carbocycles. The second-order valence-corrected chi connectivity index (χ2v) is 4.14. The zero-order valence-electron chi connectivity index (χ0n) is 9.08. The Morgan fingerprint density at radius 3 is 2.61 bits per heavy atom. The fourth-order valence-corrected chi connectivity index (χ4v) is 1.66. The van der Waals surface area contributed by atoms with E-state index in [0.29, 0.717) is 5.56 Å². The van der Waals surface area contributed by atoms with Gasteiger partial charge in [-0.1, -0.05) is 23.7 Å². The number of rotatable bonds is 2. The van der Waals surface area contributed by atoms with Crippen molar-refractivity contribution in [2.75, 3.05) is 5.73 Å². The molecular formula is C11H9ClF3N3. The first-order valence-corrected chi connectivity index (χ1v) is 5.38. The third-order valence-electron chi connectivity index (χ3n) is 2.42. The van der Waals surface area contributed by atoms with Gasteiger partial charge in [0, 0.05) is 0 Å². The van der Waals surface area contributed by atoms with Crippen LogP contribution in [0.3, 0.4) is 0 Å². The molecule has 0 fully saturated rings. The highest BCUT2D eigenvalue weighted by Crippen LogP contribution is 2.29. The van der Waals surface area contributed by atoms with E-state index in [9.17, 15) is 13.2 Å². The maximum Gasteiger partial charge on any atom is 0.416 e. The van der Waals surface area contributed by atoms with Crippen molar-refractivity contribution in [3.05, 3.63) is 46.6 Å². The lowest BCUT2D eigenvalue weighted by atomic mass is 10.1. The second-order valence-electron chi connectivity index (χ2n) is 3.73. The first kappa shape index (κ1) is 12.8. The van der Waals surface area contributed by atoms with Crippen molar-refractivity contribution >= 4 is 17.4 Å². The summed E-state index contributed by atoms with van der Waals surface area (Å²) in [6.07, 6.45) is -3.01. The van der Waals surface area contributed by atoms with Crippen molar-refractivity contribution < 1.29 is 13.2 Å². The van der Waals surface area contributed by atoms with Crippen LogP contribution >= 0.6 is 11.6 Å². The van der Waals surface area contributed by atoms with Crippen LogP contribution in [0.15, 0.2) is 30.5 Å². The van der Waals surface area contributed by atoms with Gasteiger partial charge in [-0.2, -0.15) is 18.3 Å². The van der Waals surface area contributed by atoms with Crippen LogP contribution < -0.4 is 5.73 Å². The molecule has 18 heavy (non-hydrogen) atoms. The molecular weight excluding hydrogens is 267 g/mol. The van der Waals surface area contributed by atoms with E-state index >= 15 is 0 Å². The molecule has 0 amide bonds. The first-order chi connectivity index (χ1) is 8.38. The SMILES string of the molecule is Nc1c(Cl)cnn1Cc1cccc(C(F)(F)F)c1. The third kappa shape index (κ3) is 2.59. The summed E-state index contributed by atoms with van der Waals surface area (Å²) in [4.78, 5) is 0. The van der Waals surface area contributed by atoms with Crippen molar-refractivity contribution in [1.29, 1.82) is 0 Å². The molecule has 0 saturated carbocycles. The lowest BCUT2D eigenvalue weighted by molar-refractivity contribution is -0.137. The standard InChI is InChI=1S/C11H9ClF3N3/c12-9-5-17-18(10(9)16)6-7-2-1-3-8(4-7)11(13,14)15/h1-5H,6,16H2. The number of benzene rings is 1. The Labute approximate surface area is 106 Å². The zero-order chi connectivity index (χ0) is 13.3. The molecule has 0 aliphatic heterocycles. The Kier molecular flexibility index (Phi) is 3.21. The van der Waals surface area contributed by atoms with E-state index in [1.165, 1.54) is 16.9 Å². The highest BCUT2D eigenvalue weighted by Gasteiger charge is 2.30. The minimum atomic E-state index is -4.36. The average molecular weight is 276 g/mol. The molecule has 0 spiro atoms. The third-order valence-corrected chi connectivity index (χ3v) is 2.71. The Bertz CT molecular complexity index is 563. The molecule has 3 nitrogen and oxygen atoms in total. The van der Waals surface area contributed by atoms with Crippen LogP contribution in [0.25, 0.3) is 0 Å². The molecule has 0 unspecified atom stereocenters. The zero-order valence-corrected chi connectivity index (χ0v) is 9.83. The highest BCUT2D eigenvalue weighted by atomic mass is 35.5. The van der Waals surface area contributed by atoms with Gasteiger partial charge < -0.3 is 5.73 Å². The van der Waals surface area contributed by atoms with Crippen LogP contribution in [-0.2, 0) is 12.7 Å². The number of hydrogen-bond donors (Lipinski definition) is 1. The molecule has 0 aliphatic carbocycles. The Balaban J connectivity index is 2.28. The van der Waals surface area contributed by atoms with Gasteiger partial charge in [-0.15, -0.1) is 0 Å². The summed E-state index contributed by atoms with van der Waals surface area (Å²) >= 11 is 5.71. The normalized spacial score (nSPS) is 11.8. The summed E-state index contributed by atoms with van der Waals surface area (Å²) in [5.74, 6) is 0.231. The molecule has 1 aromatic heterocycles. The molecule has 96 valence electrons. The maximum atomic E-state index is 12.5. The highest BCUT2D eigenvalue weighted by molar-refractivity contribution is 6.32. The molecule has 0 radical (unpaired) electrons. The molecule has 2 aromatic rings. The van der Waals surface area contributed by atoms with Gasteiger partial charge in [-0.05, 0) is 17.7 Å². The lowest BCUT2D eigenvalue weighted by Crippen LogP contribution is -2.09. The predicted octanol–water partition coefficient (Wildman–Crippen LogP) is 3.19. The summed E-state index contributed by atoms with van der Waals surface area (Å²) in [5.41, 5.74) is 5.38. The number of halogens is 4. The van der Waals surface area contributed by atoms with Gasteiger partial charge in [-0.25, -0.2) is 4.68 Å². The smallest absolute Gasteiger partial charge is 0.383 e. The monoisotopic (exact) mass is 275 g/mol. The lowest BCUT2D eigenvalue weighted by Gasteiger charge is -2.09. The molecule has 7 heteroatoms. The van der Waals surface area contributed by atoms with Gasteiger partial charge >= 0.3 is 6.18 Å². The Hall–Kier alpha value is -1.69. The molecule has 0 atom stereocenters. The van der Waals surface area contributed by atoms with E-state index in [0.717, 1.165) is 12.1 Å². The topological polar surface area (TPSA) is 43.8 Å². The molecule has 0 bridgehead atoms. The summed E-state index contributed by atoms with van der Waals surface area (Å²) in [7, 11) is 0. The van der Waals surface area contributed by atoms with Gasteiger partial charge in [0.05, 0.1) is 18.3 Å². The molecule has 2 N–H and O–H groups in total. The summed E-state index contributed by atoms with van der Waals surface area (Å²) in [5, 5.41) is 4.16. The average Bonchev–Trinajstić information content (AvgIpc) is 2.60. The first-order valence-electron chi connectivity index (χ1n) is 5.01. The quantitative estimate of drug-likeness (QED) is 0.915. The van der Waals surface area contributed by atoms with Gasteiger partial charge in [0.15, 0.2) is 0 Å². The van der Waals surface area contributed by atoms with Crippen LogP contribution in [0.4, 0.5) is 19.0 Å². The minimum absolute atomic E-state index is 0.141. The maximum absolute atomic E-state index is 12.5. The van der Waals surface area contributed by atoms with Gasteiger partial charge in [-0.3, -0.25) is 0 Å². The molecule has 0 aliphatic rings. The number of anilines is 1. The van der Waals surface area contributed by atoms with E-state index < -0.39 is 11.7 Å². The molecule has 1 heterocycles. The van der Waals surface area contributed by atoms with Crippen molar-refractivity contribution in [3.63, 3.8) is 0 Å². The van der Waals surface area contributed by atoms with Crippen LogP contribution in [0.1, 0.15) is 11.1 Å². The van der Waals surface area contributed by atoms with Crippen LogP contribution in [0.5, 0.6) is 0 Å². The van der Waals surface area contributed by atoms with E-state index in [2.05, 4.69) is 5.10 Å². The predicted molar refractivity (Wildman–Crippen MR) is 62.2 cm³/mol. The van der Waals surface area contributed by atoms with E-state index in [4.69, 9.17) is 17.3 Å². The fraction of sp³-hybridized carbons (Fsp3) is 0.182. The van der Waals surface area contributed by atoms with E-state index in [-0.39, 0.29) is 17.4 Å². The van der Waals surface area contributed by atoms with Crippen LogP contribution in [0.2, 0.25) is 5.02 Å². The summed E-state index contributed by atoms with van der Waals surface area (Å²) < 4.78 is 38.9. The van der Waals surface area contributed by atoms with Crippen LogP contribution in [0, 0.1) is 0 Å². The number of nitrogen functional groups attached to an aromatic ring is 1. The minimum Gasteiger partial charge on any atom is -0.383 e. The number of nitrogens with two attached hydrogens (primary N) is 1. The number of hydrogen-bond acceptors (Lipinski definition) is 2. The van der Waals surface area contributed by atoms with Gasteiger partial charge in [0.1, 0.15) is 10.8 Å².